The van der Waals surface area contributed by atoms with Gasteiger partial charge in [-0.15, -0.1) is 0 Å². The SMILES string of the molecule is CC(CNc1ccc([N+](=O)[O-])cc1Cl)C(=O)O. The van der Waals surface area contributed by atoms with E-state index in [0.29, 0.717) is 5.69 Å². The lowest BCUT2D eigenvalue weighted by Crippen LogP contribution is -2.19. The van der Waals surface area contributed by atoms with E-state index in [0.717, 1.165) is 0 Å². The van der Waals surface area contributed by atoms with Crippen LogP contribution in [0.4, 0.5) is 11.4 Å². The van der Waals surface area contributed by atoms with Crippen LogP contribution in [0.2, 0.25) is 5.02 Å². The minimum absolute atomic E-state index is 0.105. The number of rotatable bonds is 5. The van der Waals surface area contributed by atoms with Crippen molar-refractivity contribution < 1.29 is 14.8 Å². The summed E-state index contributed by atoms with van der Waals surface area (Å²) >= 11 is 5.82. The number of nitrogens with zero attached hydrogens (tertiary/aromatic N) is 1. The fourth-order valence-corrected chi connectivity index (χ4v) is 1.35. The third kappa shape index (κ3) is 3.60. The first-order chi connectivity index (χ1) is 7.91. The number of nitro benzene ring substituents is 1. The van der Waals surface area contributed by atoms with Gasteiger partial charge in [0.05, 0.1) is 21.6 Å². The molecule has 6 nitrogen and oxygen atoms in total. The molecule has 0 aromatic heterocycles. The van der Waals surface area contributed by atoms with Crippen molar-refractivity contribution in [3.63, 3.8) is 0 Å². The molecule has 92 valence electrons. The van der Waals surface area contributed by atoms with Gasteiger partial charge in [0.2, 0.25) is 0 Å². The number of nitro groups is 1. The maximum absolute atomic E-state index is 10.6. The Labute approximate surface area is 102 Å². The molecule has 0 aliphatic heterocycles. The lowest BCUT2D eigenvalue weighted by molar-refractivity contribution is -0.384. The quantitative estimate of drug-likeness (QED) is 0.625. The molecular weight excluding hydrogens is 248 g/mol. The van der Waals surface area contributed by atoms with Gasteiger partial charge in [-0.05, 0) is 6.07 Å². The van der Waals surface area contributed by atoms with Gasteiger partial charge in [-0.2, -0.15) is 0 Å². The van der Waals surface area contributed by atoms with E-state index < -0.39 is 16.8 Å². The van der Waals surface area contributed by atoms with Crippen molar-refractivity contribution in [2.45, 2.75) is 6.92 Å². The lowest BCUT2D eigenvalue weighted by Gasteiger charge is -2.10. The molecule has 0 spiro atoms. The highest BCUT2D eigenvalue weighted by atomic mass is 35.5. The molecule has 1 aromatic rings. The van der Waals surface area contributed by atoms with Gasteiger partial charge in [0.15, 0.2) is 0 Å². The number of nitrogens with one attached hydrogen (secondary N) is 1. The summed E-state index contributed by atoms with van der Waals surface area (Å²) in [6.07, 6.45) is 0. The Morgan fingerprint density at radius 3 is 2.76 bits per heavy atom. The summed E-state index contributed by atoms with van der Waals surface area (Å²) < 4.78 is 0. The molecular formula is C10H11ClN2O4. The molecule has 0 heterocycles. The zero-order valence-corrected chi connectivity index (χ0v) is 9.77. The number of carboxylic acid groups (broad SMARTS) is 1. The average molecular weight is 259 g/mol. The van der Waals surface area contributed by atoms with Gasteiger partial charge in [-0.1, -0.05) is 18.5 Å². The molecule has 0 saturated carbocycles. The first-order valence-corrected chi connectivity index (χ1v) is 5.20. The summed E-state index contributed by atoms with van der Waals surface area (Å²) in [5, 5.41) is 22.2. The standard InChI is InChI=1S/C10H11ClN2O4/c1-6(10(14)15)5-12-9-3-2-7(13(16)17)4-8(9)11/h2-4,6,12H,5H2,1H3,(H,14,15). The van der Waals surface area contributed by atoms with Crippen molar-refractivity contribution in [3.8, 4) is 0 Å². The molecule has 1 atom stereocenters. The Bertz CT molecular complexity index is 450. The monoisotopic (exact) mass is 258 g/mol. The molecule has 0 fully saturated rings. The number of benzene rings is 1. The van der Waals surface area contributed by atoms with Gasteiger partial charge in [0.25, 0.3) is 5.69 Å². The molecule has 2 N–H and O–H groups in total. The Kier molecular flexibility index (Phi) is 4.28. The zero-order valence-electron chi connectivity index (χ0n) is 9.01. The summed E-state index contributed by atoms with van der Waals surface area (Å²) in [7, 11) is 0. The molecule has 1 unspecified atom stereocenters. The highest BCUT2D eigenvalue weighted by Crippen LogP contribution is 2.26. The Morgan fingerprint density at radius 1 is 1.65 bits per heavy atom. The van der Waals surface area contributed by atoms with Crippen LogP contribution >= 0.6 is 11.6 Å². The van der Waals surface area contributed by atoms with E-state index in [-0.39, 0.29) is 17.3 Å². The van der Waals surface area contributed by atoms with Crippen molar-refractivity contribution in [2.75, 3.05) is 11.9 Å². The molecule has 0 amide bonds. The number of halogens is 1. The average Bonchev–Trinajstić information content (AvgIpc) is 2.26. The molecule has 1 aromatic carbocycles. The van der Waals surface area contributed by atoms with E-state index in [1.807, 2.05) is 0 Å². The third-order valence-electron chi connectivity index (χ3n) is 2.18. The normalized spacial score (nSPS) is 11.9. The van der Waals surface area contributed by atoms with Gasteiger partial charge in [0.1, 0.15) is 0 Å². The van der Waals surface area contributed by atoms with Gasteiger partial charge < -0.3 is 10.4 Å². The van der Waals surface area contributed by atoms with E-state index in [9.17, 15) is 14.9 Å². The summed E-state index contributed by atoms with van der Waals surface area (Å²) in [6.45, 7) is 1.75. The maximum atomic E-state index is 10.6. The smallest absolute Gasteiger partial charge is 0.308 e. The van der Waals surface area contributed by atoms with Crippen LogP contribution in [-0.2, 0) is 4.79 Å². The zero-order chi connectivity index (χ0) is 13.0. The predicted molar refractivity (Wildman–Crippen MR) is 63.4 cm³/mol. The summed E-state index contributed by atoms with van der Waals surface area (Å²) in [5.41, 5.74) is 0.372. The highest BCUT2D eigenvalue weighted by Gasteiger charge is 2.13. The predicted octanol–water partition coefficient (Wildman–Crippen LogP) is 2.38. The van der Waals surface area contributed by atoms with E-state index in [2.05, 4.69) is 5.32 Å². The highest BCUT2D eigenvalue weighted by molar-refractivity contribution is 6.33. The molecule has 1 rings (SSSR count). The van der Waals surface area contributed by atoms with Gasteiger partial charge >= 0.3 is 5.97 Å². The van der Waals surface area contributed by atoms with Gasteiger partial charge in [-0.25, -0.2) is 0 Å². The van der Waals surface area contributed by atoms with Crippen molar-refractivity contribution in [1.82, 2.24) is 0 Å². The maximum Gasteiger partial charge on any atom is 0.308 e. The minimum atomic E-state index is -0.921. The molecule has 0 aliphatic carbocycles. The lowest BCUT2D eigenvalue weighted by atomic mass is 10.2. The van der Waals surface area contributed by atoms with Crippen LogP contribution < -0.4 is 5.32 Å². The van der Waals surface area contributed by atoms with Gasteiger partial charge in [-0.3, -0.25) is 14.9 Å². The molecule has 0 saturated heterocycles. The number of non-ortho nitro benzene ring substituents is 1. The molecule has 0 radical (unpaired) electrons. The topological polar surface area (TPSA) is 92.5 Å². The van der Waals surface area contributed by atoms with Crippen LogP contribution in [-0.4, -0.2) is 22.5 Å². The van der Waals surface area contributed by atoms with E-state index in [1.54, 1.807) is 6.92 Å². The Morgan fingerprint density at radius 2 is 2.29 bits per heavy atom. The first kappa shape index (κ1) is 13.2. The van der Waals surface area contributed by atoms with Crippen LogP contribution in [0.5, 0.6) is 0 Å². The van der Waals surface area contributed by atoms with Crippen LogP contribution in [0.1, 0.15) is 6.92 Å². The Balaban J connectivity index is 2.73. The number of aliphatic carboxylic acids is 1. The molecule has 0 bridgehead atoms. The second-order valence-corrected chi connectivity index (χ2v) is 3.95. The molecule has 7 heteroatoms. The van der Waals surface area contributed by atoms with E-state index in [4.69, 9.17) is 16.7 Å². The van der Waals surface area contributed by atoms with E-state index in [1.165, 1.54) is 18.2 Å². The van der Waals surface area contributed by atoms with Crippen molar-refractivity contribution in [2.24, 2.45) is 5.92 Å². The second-order valence-electron chi connectivity index (χ2n) is 3.54. The largest absolute Gasteiger partial charge is 0.481 e. The fourth-order valence-electron chi connectivity index (χ4n) is 1.11. The second kappa shape index (κ2) is 5.49. The fraction of sp³-hybridized carbons (Fsp3) is 0.300. The summed E-state index contributed by atoms with van der Waals surface area (Å²) in [5.74, 6) is -1.49. The van der Waals surface area contributed by atoms with E-state index >= 15 is 0 Å². The summed E-state index contributed by atoms with van der Waals surface area (Å²) in [4.78, 5) is 20.5. The first-order valence-electron chi connectivity index (χ1n) is 4.82. The van der Waals surface area contributed by atoms with Crippen LogP contribution in [0.15, 0.2) is 18.2 Å². The van der Waals surface area contributed by atoms with Crippen LogP contribution in [0.25, 0.3) is 0 Å². The minimum Gasteiger partial charge on any atom is -0.481 e. The molecule has 0 aliphatic rings. The molecule has 17 heavy (non-hydrogen) atoms. The van der Waals surface area contributed by atoms with Crippen molar-refractivity contribution >= 4 is 28.9 Å². The number of carboxylic acids is 1. The number of anilines is 1. The van der Waals surface area contributed by atoms with Crippen molar-refractivity contribution in [3.05, 3.63) is 33.3 Å². The number of carbonyl (C=O) groups is 1. The van der Waals surface area contributed by atoms with Crippen LogP contribution in [0, 0.1) is 16.0 Å². The Hall–Kier alpha value is -1.82. The number of hydrogen-bond donors (Lipinski definition) is 2. The van der Waals surface area contributed by atoms with Crippen LogP contribution in [0.3, 0.4) is 0 Å². The summed E-state index contributed by atoms with van der Waals surface area (Å²) in [6, 6.07) is 3.98. The number of hydrogen-bond acceptors (Lipinski definition) is 4. The third-order valence-corrected chi connectivity index (χ3v) is 2.50. The van der Waals surface area contributed by atoms with Gasteiger partial charge in [0, 0.05) is 18.7 Å². The van der Waals surface area contributed by atoms with Crippen molar-refractivity contribution in [1.29, 1.82) is 0 Å².